The summed E-state index contributed by atoms with van der Waals surface area (Å²) in [5.74, 6) is -1.12. The van der Waals surface area contributed by atoms with E-state index in [1.54, 1.807) is 0 Å². The van der Waals surface area contributed by atoms with Gasteiger partial charge in [0.05, 0.1) is 21.8 Å². The molecule has 20 heavy (non-hydrogen) atoms. The van der Waals surface area contributed by atoms with Crippen molar-refractivity contribution in [3.05, 3.63) is 27.7 Å². The van der Waals surface area contributed by atoms with Gasteiger partial charge in [-0.25, -0.2) is 4.79 Å². The third-order valence-corrected chi connectivity index (χ3v) is 4.46. The fourth-order valence-electron chi connectivity index (χ4n) is 1.88. The molecule has 0 bridgehead atoms. The Morgan fingerprint density at radius 2 is 1.60 bits per heavy atom. The Morgan fingerprint density at radius 1 is 1.10 bits per heavy atom. The van der Waals surface area contributed by atoms with E-state index in [9.17, 15) is 4.79 Å². The van der Waals surface area contributed by atoms with Crippen LogP contribution in [-0.4, -0.2) is 29.4 Å². The molecule has 0 unspecified atom stereocenters. The van der Waals surface area contributed by atoms with Crippen molar-refractivity contribution in [1.82, 2.24) is 0 Å². The SMILES string of the molecule is CC1(C)OB(c2cc(C(=O)O)c(Cl)cc2Cl)OC1(C)C. The van der Waals surface area contributed by atoms with Crippen molar-refractivity contribution in [3.63, 3.8) is 0 Å². The Labute approximate surface area is 128 Å². The van der Waals surface area contributed by atoms with E-state index < -0.39 is 24.3 Å². The van der Waals surface area contributed by atoms with Crippen LogP contribution in [0.3, 0.4) is 0 Å². The monoisotopic (exact) mass is 316 g/mol. The third-order valence-electron chi connectivity index (χ3n) is 3.82. The fourth-order valence-corrected chi connectivity index (χ4v) is 2.43. The number of carbonyl (C=O) groups is 1. The summed E-state index contributed by atoms with van der Waals surface area (Å²) in [4.78, 5) is 11.1. The molecule has 2 rings (SSSR count). The van der Waals surface area contributed by atoms with E-state index in [1.165, 1.54) is 12.1 Å². The Hall–Kier alpha value is -0.745. The van der Waals surface area contributed by atoms with Crippen molar-refractivity contribution in [2.45, 2.75) is 38.9 Å². The normalized spacial score (nSPS) is 20.2. The Kier molecular flexibility index (Phi) is 3.84. The van der Waals surface area contributed by atoms with E-state index >= 15 is 0 Å². The molecule has 1 fully saturated rings. The van der Waals surface area contributed by atoms with Gasteiger partial charge < -0.3 is 14.4 Å². The number of carboxylic acids is 1. The van der Waals surface area contributed by atoms with Crippen molar-refractivity contribution < 1.29 is 19.2 Å². The Bertz CT molecular complexity index is 556. The molecule has 1 heterocycles. The standard InChI is InChI=1S/C13H15BCl2O4/c1-12(2)13(3,4)20-14(19-12)8-5-7(11(17)18)9(15)6-10(8)16/h5-6H,1-4H3,(H,17,18). The summed E-state index contributed by atoms with van der Waals surface area (Å²) in [7, 11) is -0.720. The molecule has 0 amide bonds. The lowest BCUT2D eigenvalue weighted by Crippen LogP contribution is -2.41. The summed E-state index contributed by atoms with van der Waals surface area (Å²) >= 11 is 12.0. The number of rotatable bonds is 2. The van der Waals surface area contributed by atoms with Gasteiger partial charge >= 0.3 is 13.1 Å². The van der Waals surface area contributed by atoms with Gasteiger partial charge in [-0.2, -0.15) is 0 Å². The molecular weight excluding hydrogens is 302 g/mol. The molecule has 1 aliphatic heterocycles. The van der Waals surface area contributed by atoms with Crippen LogP contribution in [0.2, 0.25) is 10.0 Å². The number of hydrogen-bond acceptors (Lipinski definition) is 3. The van der Waals surface area contributed by atoms with Gasteiger partial charge in [0.15, 0.2) is 0 Å². The smallest absolute Gasteiger partial charge is 0.478 e. The Balaban J connectivity index is 2.45. The molecule has 1 N–H and O–H groups in total. The zero-order valence-corrected chi connectivity index (χ0v) is 13.2. The van der Waals surface area contributed by atoms with E-state index in [0.29, 0.717) is 10.5 Å². The van der Waals surface area contributed by atoms with Gasteiger partial charge in [-0.15, -0.1) is 0 Å². The zero-order valence-electron chi connectivity index (χ0n) is 11.7. The summed E-state index contributed by atoms with van der Waals surface area (Å²) in [5, 5.41) is 9.52. The lowest BCUT2D eigenvalue weighted by molar-refractivity contribution is 0.00578. The minimum atomic E-state index is -1.12. The van der Waals surface area contributed by atoms with Gasteiger partial charge in [0, 0.05) is 10.5 Å². The molecule has 4 nitrogen and oxygen atoms in total. The first-order valence-electron chi connectivity index (χ1n) is 6.13. The highest BCUT2D eigenvalue weighted by atomic mass is 35.5. The molecule has 108 valence electrons. The van der Waals surface area contributed by atoms with E-state index in [0.717, 1.165) is 0 Å². The van der Waals surface area contributed by atoms with Crippen LogP contribution in [0.25, 0.3) is 0 Å². The molecule has 1 saturated heterocycles. The lowest BCUT2D eigenvalue weighted by Gasteiger charge is -2.32. The number of hydrogen-bond donors (Lipinski definition) is 1. The van der Waals surface area contributed by atoms with Gasteiger partial charge in [-0.1, -0.05) is 23.2 Å². The molecule has 0 spiro atoms. The van der Waals surface area contributed by atoms with E-state index in [2.05, 4.69) is 0 Å². The van der Waals surface area contributed by atoms with E-state index in [1.807, 2.05) is 27.7 Å². The second kappa shape index (κ2) is 4.91. The van der Waals surface area contributed by atoms with Gasteiger partial charge in [-0.05, 0) is 39.8 Å². The molecule has 0 aromatic heterocycles. The molecular formula is C13H15BCl2O4. The fraction of sp³-hybridized carbons (Fsp3) is 0.462. The number of carboxylic acid groups (broad SMARTS) is 1. The van der Waals surface area contributed by atoms with Crippen LogP contribution in [-0.2, 0) is 9.31 Å². The van der Waals surface area contributed by atoms with E-state index in [4.69, 9.17) is 37.6 Å². The second-order valence-electron chi connectivity index (χ2n) is 5.75. The summed E-state index contributed by atoms with van der Waals surface area (Å²) in [6.07, 6.45) is 0. The highest BCUT2D eigenvalue weighted by Gasteiger charge is 2.52. The predicted octanol–water partition coefficient (Wildman–Crippen LogP) is 2.99. The van der Waals surface area contributed by atoms with Crippen LogP contribution < -0.4 is 5.46 Å². The molecule has 0 atom stereocenters. The number of halogens is 2. The van der Waals surface area contributed by atoms with Crippen LogP contribution in [0, 0.1) is 0 Å². The maximum Gasteiger partial charge on any atom is 0.496 e. The summed E-state index contributed by atoms with van der Waals surface area (Å²) in [5.41, 5.74) is -0.610. The van der Waals surface area contributed by atoms with Crippen molar-refractivity contribution in [3.8, 4) is 0 Å². The second-order valence-corrected chi connectivity index (χ2v) is 6.56. The summed E-state index contributed by atoms with van der Waals surface area (Å²) in [6.45, 7) is 7.65. The van der Waals surface area contributed by atoms with Crippen LogP contribution in [0.4, 0.5) is 0 Å². The van der Waals surface area contributed by atoms with Crippen molar-refractivity contribution >= 4 is 41.8 Å². The molecule has 1 aromatic carbocycles. The predicted molar refractivity (Wildman–Crippen MR) is 79.1 cm³/mol. The molecule has 7 heteroatoms. The maximum atomic E-state index is 11.1. The van der Waals surface area contributed by atoms with Crippen LogP contribution in [0.15, 0.2) is 12.1 Å². The minimum absolute atomic E-state index is 0.0271. The van der Waals surface area contributed by atoms with Gasteiger partial charge in [0.25, 0.3) is 0 Å². The minimum Gasteiger partial charge on any atom is -0.478 e. The van der Waals surface area contributed by atoms with Gasteiger partial charge in [-0.3, -0.25) is 0 Å². The van der Waals surface area contributed by atoms with Crippen LogP contribution in [0.5, 0.6) is 0 Å². The average molecular weight is 317 g/mol. The highest BCUT2D eigenvalue weighted by Crippen LogP contribution is 2.37. The number of aromatic carboxylic acids is 1. The summed E-state index contributed by atoms with van der Waals surface area (Å²) < 4.78 is 11.7. The molecule has 0 radical (unpaired) electrons. The maximum absolute atomic E-state index is 11.1. The topological polar surface area (TPSA) is 55.8 Å². The lowest BCUT2D eigenvalue weighted by atomic mass is 9.78. The van der Waals surface area contributed by atoms with Crippen molar-refractivity contribution in [2.24, 2.45) is 0 Å². The molecule has 0 saturated carbocycles. The first-order chi connectivity index (χ1) is 9.05. The first-order valence-corrected chi connectivity index (χ1v) is 6.88. The largest absolute Gasteiger partial charge is 0.496 e. The third kappa shape index (κ3) is 2.55. The van der Waals surface area contributed by atoms with Crippen LogP contribution >= 0.6 is 23.2 Å². The van der Waals surface area contributed by atoms with Gasteiger partial charge in [0.2, 0.25) is 0 Å². The highest BCUT2D eigenvalue weighted by molar-refractivity contribution is 6.66. The van der Waals surface area contributed by atoms with Gasteiger partial charge in [0.1, 0.15) is 0 Å². The van der Waals surface area contributed by atoms with E-state index in [-0.39, 0.29) is 10.6 Å². The van der Waals surface area contributed by atoms with Crippen molar-refractivity contribution in [1.29, 1.82) is 0 Å². The Morgan fingerprint density at radius 3 is 2.05 bits per heavy atom. The molecule has 1 aliphatic rings. The summed E-state index contributed by atoms with van der Waals surface area (Å²) in [6, 6.07) is 2.79. The quantitative estimate of drug-likeness (QED) is 0.852. The first kappa shape index (κ1) is 15.6. The molecule has 0 aliphatic carbocycles. The van der Waals surface area contributed by atoms with Crippen LogP contribution in [0.1, 0.15) is 38.1 Å². The average Bonchev–Trinajstić information content (AvgIpc) is 2.47. The van der Waals surface area contributed by atoms with Crippen molar-refractivity contribution in [2.75, 3.05) is 0 Å². The zero-order chi connectivity index (χ0) is 15.3. The molecule has 1 aromatic rings. The number of benzene rings is 1.